The lowest BCUT2D eigenvalue weighted by Crippen LogP contribution is -2.35. The Morgan fingerprint density at radius 3 is 1.97 bits per heavy atom. The van der Waals surface area contributed by atoms with Gasteiger partial charge in [-0.2, -0.15) is 0 Å². The average Bonchev–Trinajstić information content (AvgIpc) is 2.85. The number of carbonyl (C=O) groups is 3. The molecule has 1 unspecified atom stereocenters. The lowest BCUT2D eigenvalue weighted by Gasteiger charge is -2.16. The molecule has 2 N–H and O–H groups in total. The Labute approximate surface area is 197 Å². The van der Waals surface area contributed by atoms with Crippen LogP contribution < -0.4 is 34.3 Å². The molecule has 0 radical (unpaired) electrons. The second-order valence-corrected chi connectivity index (χ2v) is 6.78. The number of hydrogen-bond donors (Lipinski definition) is 2. The zero-order chi connectivity index (χ0) is 25.3. The predicted octanol–water partition coefficient (Wildman–Crippen LogP) is 2.03. The summed E-state index contributed by atoms with van der Waals surface area (Å²) in [7, 11) is 7.23. The van der Waals surface area contributed by atoms with E-state index in [-0.39, 0.29) is 17.1 Å². The third-order valence-corrected chi connectivity index (χ3v) is 4.66. The highest BCUT2D eigenvalue weighted by Crippen LogP contribution is 2.38. The van der Waals surface area contributed by atoms with Crippen LogP contribution in [0, 0.1) is 0 Å². The SMILES string of the molecule is COc1ccc(OC)c(NC(=O)C(C)OC(=O)CNC(=O)c2cc(OC)c(OC)c(OC)c2)c1. The first kappa shape index (κ1) is 26.1. The maximum Gasteiger partial charge on any atom is 0.326 e. The number of ether oxygens (including phenoxy) is 6. The number of esters is 1. The number of benzene rings is 2. The van der Waals surface area contributed by atoms with Gasteiger partial charge in [0.2, 0.25) is 5.75 Å². The molecule has 0 bridgehead atoms. The molecule has 2 aromatic rings. The highest BCUT2D eigenvalue weighted by atomic mass is 16.5. The average molecular weight is 476 g/mol. The van der Waals surface area contributed by atoms with Crippen LogP contribution in [-0.2, 0) is 14.3 Å². The molecule has 0 spiro atoms. The first-order valence-electron chi connectivity index (χ1n) is 10.1. The van der Waals surface area contributed by atoms with E-state index < -0.39 is 30.4 Å². The summed E-state index contributed by atoms with van der Waals surface area (Å²) >= 11 is 0. The van der Waals surface area contributed by atoms with Crippen molar-refractivity contribution in [2.45, 2.75) is 13.0 Å². The predicted molar refractivity (Wildman–Crippen MR) is 122 cm³/mol. The Morgan fingerprint density at radius 1 is 0.824 bits per heavy atom. The van der Waals surface area contributed by atoms with Crippen LogP contribution in [-0.4, -0.2) is 66.0 Å². The lowest BCUT2D eigenvalue weighted by atomic mass is 10.1. The molecule has 11 heteroatoms. The topological polar surface area (TPSA) is 131 Å². The molecule has 0 fully saturated rings. The number of hydrogen-bond acceptors (Lipinski definition) is 9. The van der Waals surface area contributed by atoms with Gasteiger partial charge >= 0.3 is 5.97 Å². The molecule has 2 aromatic carbocycles. The highest BCUT2D eigenvalue weighted by Gasteiger charge is 2.21. The number of rotatable bonds is 11. The number of carbonyl (C=O) groups excluding carboxylic acids is 3. The van der Waals surface area contributed by atoms with E-state index in [1.54, 1.807) is 18.2 Å². The van der Waals surface area contributed by atoms with Crippen molar-refractivity contribution in [1.82, 2.24) is 5.32 Å². The first-order valence-corrected chi connectivity index (χ1v) is 10.1. The molecule has 1 atom stereocenters. The molecule has 0 saturated heterocycles. The third-order valence-electron chi connectivity index (χ3n) is 4.66. The highest BCUT2D eigenvalue weighted by molar-refractivity contribution is 5.98. The fourth-order valence-electron chi connectivity index (χ4n) is 2.91. The van der Waals surface area contributed by atoms with Gasteiger partial charge in [0, 0.05) is 11.6 Å². The van der Waals surface area contributed by atoms with Gasteiger partial charge in [-0.05, 0) is 31.2 Å². The summed E-state index contributed by atoms with van der Waals surface area (Å²) in [6.45, 7) is 0.941. The maximum atomic E-state index is 12.5. The molecule has 184 valence electrons. The van der Waals surface area contributed by atoms with Gasteiger partial charge < -0.3 is 39.1 Å². The molecule has 2 rings (SSSR count). The Morgan fingerprint density at radius 2 is 1.44 bits per heavy atom. The molecule has 11 nitrogen and oxygen atoms in total. The van der Waals surface area contributed by atoms with Crippen LogP contribution in [0.3, 0.4) is 0 Å². The van der Waals surface area contributed by atoms with Crippen molar-refractivity contribution in [2.75, 3.05) is 47.4 Å². The van der Waals surface area contributed by atoms with Gasteiger partial charge in [-0.1, -0.05) is 0 Å². The molecule has 0 aliphatic carbocycles. The van der Waals surface area contributed by atoms with Crippen molar-refractivity contribution < 1.29 is 42.8 Å². The van der Waals surface area contributed by atoms with Gasteiger partial charge in [-0.15, -0.1) is 0 Å². The minimum absolute atomic E-state index is 0.179. The quantitative estimate of drug-likeness (QED) is 0.468. The summed E-state index contributed by atoms with van der Waals surface area (Å²) in [5.74, 6) is -0.152. The number of methoxy groups -OCH3 is 5. The number of nitrogens with one attached hydrogen (secondary N) is 2. The molecule has 0 aliphatic rings. The lowest BCUT2D eigenvalue weighted by molar-refractivity contribution is -0.152. The fourth-order valence-corrected chi connectivity index (χ4v) is 2.91. The van der Waals surface area contributed by atoms with Crippen LogP contribution in [0.15, 0.2) is 30.3 Å². The Kier molecular flexibility index (Phi) is 9.36. The molecule has 0 aliphatic heterocycles. The van der Waals surface area contributed by atoms with E-state index in [4.69, 9.17) is 28.4 Å². The van der Waals surface area contributed by atoms with Crippen molar-refractivity contribution in [2.24, 2.45) is 0 Å². The summed E-state index contributed by atoms with van der Waals surface area (Å²) in [6, 6.07) is 7.76. The fraction of sp³-hybridized carbons (Fsp3) is 0.348. The maximum absolute atomic E-state index is 12.5. The summed E-state index contributed by atoms with van der Waals surface area (Å²) < 4.78 is 31.1. The Balaban J connectivity index is 1.97. The van der Waals surface area contributed by atoms with Crippen LogP contribution in [0.2, 0.25) is 0 Å². The minimum Gasteiger partial charge on any atom is -0.497 e. The van der Waals surface area contributed by atoms with E-state index in [1.165, 1.54) is 54.6 Å². The zero-order valence-corrected chi connectivity index (χ0v) is 19.8. The molecular weight excluding hydrogens is 448 g/mol. The van der Waals surface area contributed by atoms with Gasteiger partial charge in [-0.3, -0.25) is 14.4 Å². The molecule has 0 aromatic heterocycles. The van der Waals surface area contributed by atoms with E-state index in [0.29, 0.717) is 22.9 Å². The van der Waals surface area contributed by atoms with Crippen molar-refractivity contribution in [3.05, 3.63) is 35.9 Å². The van der Waals surface area contributed by atoms with E-state index in [2.05, 4.69) is 10.6 Å². The van der Waals surface area contributed by atoms with Gasteiger partial charge in [0.15, 0.2) is 17.6 Å². The molecule has 0 saturated carbocycles. The smallest absolute Gasteiger partial charge is 0.326 e. The van der Waals surface area contributed by atoms with Crippen molar-refractivity contribution in [3.63, 3.8) is 0 Å². The summed E-state index contributed by atoms with van der Waals surface area (Å²) in [4.78, 5) is 37.2. The van der Waals surface area contributed by atoms with Crippen LogP contribution in [0.4, 0.5) is 5.69 Å². The second kappa shape index (κ2) is 12.2. The monoisotopic (exact) mass is 476 g/mol. The van der Waals surface area contributed by atoms with Gasteiger partial charge in [0.25, 0.3) is 11.8 Å². The number of amides is 2. The van der Waals surface area contributed by atoms with E-state index in [0.717, 1.165) is 0 Å². The van der Waals surface area contributed by atoms with Crippen LogP contribution in [0.25, 0.3) is 0 Å². The summed E-state index contributed by atoms with van der Waals surface area (Å²) in [6.07, 6.45) is -1.14. The molecular formula is C23H28N2O9. The molecule has 2 amide bonds. The summed E-state index contributed by atoms with van der Waals surface area (Å²) in [5.41, 5.74) is 0.531. The van der Waals surface area contributed by atoms with Gasteiger partial charge in [0.1, 0.15) is 18.0 Å². The van der Waals surface area contributed by atoms with E-state index in [9.17, 15) is 14.4 Å². The van der Waals surface area contributed by atoms with Crippen molar-refractivity contribution in [3.8, 4) is 28.7 Å². The van der Waals surface area contributed by atoms with E-state index in [1.807, 2.05) is 0 Å². The van der Waals surface area contributed by atoms with Gasteiger partial charge in [-0.25, -0.2) is 0 Å². The van der Waals surface area contributed by atoms with E-state index >= 15 is 0 Å². The van der Waals surface area contributed by atoms with Gasteiger partial charge in [0.05, 0.1) is 41.2 Å². The van der Waals surface area contributed by atoms with Crippen molar-refractivity contribution in [1.29, 1.82) is 0 Å². The first-order chi connectivity index (χ1) is 16.3. The molecule has 0 heterocycles. The number of anilines is 1. The summed E-state index contributed by atoms with van der Waals surface area (Å²) in [5, 5.41) is 5.05. The van der Waals surface area contributed by atoms with Crippen LogP contribution in [0.1, 0.15) is 17.3 Å². The standard InChI is InChI=1S/C23H28N2O9/c1-13(22(27)25-16-11-15(29-2)7-8-17(16)30-3)34-20(26)12-24-23(28)14-9-18(31-4)21(33-6)19(10-14)32-5/h7-11,13H,12H2,1-6H3,(H,24,28)(H,25,27). The second-order valence-electron chi connectivity index (χ2n) is 6.78. The molecule has 34 heavy (non-hydrogen) atoms. The largest absolute Gasteiger partial charge is 0.497 e. The van der Waals surface area contributed by atoms with Crippen LogP contribution >= 0.6 is 0 Å². The van der Waals surface area contributed by atoms with Crippen LogP contribution in [0.5, 0.6) is 28.7 Å². The Bertz CT molecular complexity index is 1010. The van der Waals surface area contributed by atoms with Crippen molar-refractivity contribution >= 4 is 23.5 Å². The zero-order valence-electron chi connectivity index (χ0n) is 19.8. The third kappa shape index (κ3) is 6.44. The minimum atomic E-state index is -1.14. The normalized spacial score (nSPS) is 11.0. The Hall–Kier alpha value is -4.15.